The second-order valence-electron chi connectivity index (χ2n) is 6.58. The van der Waals surface area contributed by atoms with Crippen LogP contribution < -0.4 is 14.8 Å². The minimum atomic E-state index is -0.231. The number of carbonyl (C=O) groups is 1. The number of hydrogen-bond acceptors (Lipinski definition) is 5. The first-order chi connectivity index (χ1) is 15.0. The standard InChI is InChI=1S/C23H18Br2N2O4/c1-3-30-20-8-4-13(10-17(20)25)22(28)26-15-6-9-21-18(12-15)27-23(31-21)14-5-7-19(29-2)16(24)11-14/h4-12H,3H2,1-2H3,(H,26,28). The summed E-state index contributed by atoms with van der Waals surface area (Å²) >= 11 is 6.91. The minimum absolute atomic E-state index is 0.231. The summed E-state index contributed by atoms with van der Waals surface area (Å²) < 4.78 is 18.2. The third kappa shape index (κ3) is 4.60. The summed E-state index contributed by atoms with van der Waals surface area (Å²) in [6, 6.07) is 16.2. The Labute approximate surface area is 195 Å². The summed E-state index contributed by atoms with van der Waals surface area (Å²) in [7, 11) is 1.61. The summed E-state index contributed by atoms with van der Waals surface area (Å²) in [5.41, 5.74) is 3.22. The fraction of sp³-hybridized carbons (Fsp3) is 0.130. The van der Waals surface area contributed by atoms with Crippen LogP contribution in [0, 0.1) is 0 Å². The molecular formula is C23H18Br2N2O4. The number of hydrogen-bond donors (Lipinski definition) is 1. The van der Waals surface area contributed by atoms with E-state index in [0.29, 0.717) is 40.6 Å². The number of oxazole rings is 1. The molecule has 6 nitrogen and oxygen atoms in total. The highest BCUT2D eigenvalue weighted by Gasteiger charge is 2.13. The minimum Gasteiger partial charge on any atom is -0.496 e. The Morgan fingerprint density at radius 1 is 1.03 bits per heavy atom. The van der Waals surface area contributed by atoms with Crippen molar-refractivity contribution in [2.24, 2.45) is 0 Å². The van der Waals surface area contributed by atoms with Gasteiger partial charge in [0.2, 0.25) is 5.89 Å². The van der Waals surface area contributed by atoms with Crippen LogP contribution in [0.3, 0.4) is 0 Å². The van der Waals surface area contributed by atoms with Crippen molar-refractivity contribution in [3.63, 3.8) is 0 Å². The molecule has 0 atom stereocenters. The van der Waals surface area contributed by atoms with Crippen LogP contribution in [0.25, 0.3) is 22.6 Å². The molecule has 0 aliphatic rings. The molecule has 8 heteroatoms. The maximum atomic E-state index is 12.7. The molecule has 1 amide bonds. The molecule has 1 heterocycles. The number of fused-ring (bicyclic) bond motifs is 1. The number of nitrogens with one attached hydrogen (secondary N) is 1. The van der Waals surface area contributed by atoms with Gasteiger partial charge in [0.25, 0.3) is 5.91 Å². The molecule has 4 rings (SSSR count). The van der Waals surface area contributed by atoms with Gasteiger partial charge in [0, 0.05) is 16.8 Å². The van der Waals surface area contributed by atoms with Crippen molar-refractivity contribution in [3.8, 4) is 23.0 Å². The normalized spacial score (nSPS) is 10.8. The van der Waals surface area contributed by atoms with Crippen LogP contribution >= 0.6 is 31.9 Å². The molecule has 3 aromatic carbocycles. The van der Waals surface area contributed by atoms with Crippen molar-refractivity contribution < 1.29 is 18.7 Å². The fourth-order valence-corrected chi connectivity index (χ4v) is 4.08. The van der Waals surface area contributed by atoms with Crippen LogP contribution in [0.15, 0.2) is 68.0 Å². The fourth-order valence-electron chi connectivity index (χ4n) is 3.05. The molecular weight excluding hydrogens is 528 g/mol. The molecule has 31 heavy (non-hydrogen) atoms. The average Bonchev–Trinajstić information content (AvgIpc) is 3.18. The van der Waals surface area contributed by atoms with E-state index in [4.69, 9.17) is 13.9 Å². The third-order valence-electron chi connectivity index (χ3n) is 4.54. The number of halogens is 2. The first kappa shape index (κ1) is 21.4. The topological polar surface area (TPSA) is 73.6 Å². The van der Waals surface area contributed by atoms with Crippen LogP contribution in [-0.4, -0.2) is 24.6 Å². The number of methoxy groups -OCH3 is 1. The van der Waals surface area contributed by atoms with Crippen molar-refractivity contribution in [1.82, 2.24) is 4.98 Å². The van der Waals surface area contributed by atoms with Gasteiger partial charge in [-0.15, -0.1) is 0 Å². The zero-order valence-electron chi connectivity index (χ0n) is 16.7. The van der Waals surface area contributed by atoms with Crippen LogP contribution in [-0.2, 0) is 0 Å². The van der Waals surface area contributed by atoms with Gasteiger partial charge in [-0.3, -0.25) is 4.79 Å². The van der Waals surface area contributed by atoms with Crippen molar-refractivity contribution >= 4 is 54.6 Å². The SMILES string of the molecule is CCOc1ccc(C(=O)Nc2ccc3oc(-c4ccc(OC)c(Br)c4)nc3c2)cc1Br. The number of rotatable bonds is 6. The molecule has 0 bridgehead atoms. The molecule has 0 aliphatic carbocycles. The Bertz CT molecular complexity index is 1270. The Morgan fingerprint density at radius 3 is 2.52 bits per heavy atom. The predicted molar refractivity (Wildman–Crippen MR) is 127 cm³/mol. The van der Waals surface area contributed by atoms with E-state index in [-0.39, 0.29) is 5.91 Å². The number of aromatic nitrogens is 1. The van der Waals surface area contributed by atoms with E-state index in [1.807, 2.05) is 25.1 Å². The van der Waals surface area contributed by atoms with E-state index in [1.165, 1.54) is 0 Å². The highest BCUT2D eigenvalue weighted by Crippen LogP contribution is 2.32. The number of carbonyl (C=O) groups excluding carboxylic acids is 1. The molecule has 0 saturated heterocycles. The monoisotopic (exact) mass is 544 g/mol. The van der Waals surface area contributed by atoms with Gasteiger partial charge in [0.15, 0.2) is 5.58 Å². The predicted octanol–water partition coefficient (Wildman–Crippen LogP) is 6.68. The number of ether oxygens (including phenoxy) is 2. The lowest BCUT2D eigenvalue weighted by molar-refractivity contribution is 0.102. The van der Waals surface area contributed by atoms with Crippen molar-refractivity contribution in [1.29, 1.82) is 0 Å². The second kappa shape index (κ2) is 9.11. The lowest BCUT2D eigenvalue weighted by atomic mass is 10.2. The molecule has 0 spiro atoms. The van der Waals surface area contributed by atoms with Crippen molar-refractivity contribution in [3.05, 3.63) is 69.1 Å². The lowest BCUT2D eigenvalue weighted by Crippen LogP contribution is -2.12. The molecule has 0 unspecified atom stereocenters. The molecule has 158 valence electrons. The van der Waals surface area contributed by atoms with E-state index in [9.17, 15) is 4.79 Å². The van der Waals surface area contributed by atoms with Crippen molar-refractivity contribution in [2.75, 3.05) is 19.0 Å². The number of nitrogens with zero attached hydrogens (tertiary/aromatic N) is 1. The van der Waals surface area contributed by atoms with Crippen LogP contribution in [0.1, 0.15) is 17.3 Å². The van der Waals surface area contributed by atoms with Gasteiger partial charge < -0.3 is 19.2 Å². The number of amides is 1. The Kier molecular flexibility index (Phi) is 6.29. The molecule has 1 aromatic heterocycles. The highest BCUT2D eigenvalue weighted by molar-refractivity contribution is 9.10. The van der Waals surface area contributed by atoms with Gasteiger partial charge in [0.1, 0.15) is 17.0 Å². The number of benzene rings is 3. The van der Waals surface area contributed by atoms with Gasteiger partial charge in [-0.25, -0.2) is 4.98 Å². The Hall–Kier alpha value is -2.84. The summed E-state index contributed by atoms with van der Waals surface area (Å²) in [4.78, 5) is 17.2. The Balaban J connectivity index is 1.56. The molecule has 0 aliphatic heterocycles. The lowest BCUT2D eigenvalue weighted by Gasteiger charge is -2.09. The third-order valence-corrected chi connectivity index (χ3v) is 5.78. The summed E-state index contributed by atoms with van der Waals surface area (Å²) in [6.07, 6.45) is 0. The van der Waals surface area contributed by atoms with E-state index in [2.05, 4.69) is 42.2 Å². The molecule has 0 radical (unpaired) electrons. The highest BCUT2D eigenvalue weighted by atomic mass is 79.9. The van der Waals surface area contributed by atoms with E-state index < -0.39 is 0 Å². The first-order valence-corrected chi connectivity index (χ1v) is 11.0. The van der Waals surface area contributed by atoms with Crippen LogP contribution in [0.2, 0.25) is 0 Å². The van der Waals surface area contributed by atoms with Crippen LogP contribution in [0.5, 0.6) is 11.5 Å². The zero-order chi connectivity index (χ0) is 22.0. The summed E-state index contributed by atoms with van der Waals surface area (Å²) in [6.45, 7) is 2.46. The van der Waals surface area contributed by atoms with Gasteiger partial charge in [-0.05, 0) is 93.4 Å². The van der Waals surface area contributed by atoms with Crippen molar-refractivity contribution in [2.45, 2.75) is 6.92 Å². The first-order valence-electron chi connectivity index (χ1n) is 9.46. The zero-order valence-corrected chi connectivity index (χ0v) is 19.9. The van der Waals surface area contributed by atoms with E-state index in [0.717, 1.165) is 20.3 Å². The largest absolute Gasteiger partial charge is 0.496 e. The Morgan fingerprint density at radius 2 is 1.81 bits per heavy atom. The van der Waals surface area contributed by atoms with Gasteiger partial charge in [0.05, 0.1) is 22.7 Å². The maximum Gasteiger partial charge on any atom is 0.255 e. The molecule has 4 aromatic rings. The molecule has 1 N–H and O–H groups in total. The average molecular weight is 546 g/mol. The van der Waals surface area contributed by atoms with E-state index in [1.54, 1.807) is 43.5 Å². The summed E-state index contributed by atoms with van der Waals surface area (Å²) in [5.74, 6) is 1.68. The van der Waals surface area contributed by atoms with Gasteiger partial charge in [-0.2, -0.15) is 0 Å². The van der Waals surface area contributed by atoms with Gasteiger partial charge >= 0.3 is 0 Å². The maximum absolute atomic E-state index is 12.7. The smallest absolute Gasteiger partial charge is 0.255 e. The quantitative estimate of drug-likeness (QED) is 0.292. The van der Waals surface area contributed by atoms with Crippen LogP contribution in [0.4, 0.5) is 5.69 Å². The second-order valence-corrected chi connectivity index (χ2v) is 8.29. The van der Waals surface area contributed by atoms with E-state index >= 15 is 0 Å². The number of anilines is 1. The molecule has 0 fully saturated rings. The van der Waals surface area contributed by atoms with Gasteiger partial charge in [-0.1, -0.05) is 0 Å². The molecule has 0 saturated carbocycles. The summed E-state index contributed by atoms with van der Waals surface area (Å²) in [5, 5.41) is 2.90.